The van der Waals surface area contributed by atoms with E-state index >= 15 is 0 Å². The lowest BCUT2D eigenvalue weighted by atomic mass is 10.0. The highest BCUT2D eigenvalue weighted by atomic mass is 32.1. The average Bonchev–Trinajstić information content (AvgIpc) is 2.08. The molecule has 0 rings (SSSR count). The molecule has 15 heavy (non-hydrogen) atoms. The molecule has 0 saturated heterocycles. The van der Waals surface area contributed by atoms with E-state index in [1.165, 1.54) is 0 Å². The highest BCUT2D eigenvalue weighted by molar-refractivity contribution is 7.81. The predicted octanol–water partition coefficient (Wildman–Crippen LogP) is 1.45. The normalized spacial score (nSPS) is 13.3. The summed E-state index contributed by atoms with van der Waals surface area (Å²) in [7, 11) is 0. The number of unbranched alkanes of at least 4 members (excludes halogenated alkanes) is 1. The Morgan fingerprint density at radius 3 is 2.33 bits per heavy atom. The first-order chi connectivity index (χ1) is 6.79. The van der Waals surface area contributed by atoms with Gasteiger partial charge in [-0.2, -0.15) is 12.6 Å². The molecule has 0 spiro atoms. The molecule has 0 aliphatic heterocycles. The van der Waals surface area contributed by atoms with Gasteiger partial charge in [-0.25, -0.2) is 4.79 Å². The molecule has 1 unspecified atom stereocenters. The van der Waals surface area contributed by atoms with Gasteiger partial charge >= 0.3 is 5.97 Å². The number of hydrogen-bond donors (Lipinski definition) is 3. The third-order valence-electron chi connectivity index (χ3n) is 2.02. The van der Waals surface area contributed by atoms with E-state index in [0.717, 1.165) is 12.8 Å². The van der Waals surface area contributed by atoms with Crippen LogP contribution in [0.15, 0.2) is 0 Å². The summed E-state index contributed by atoms with van der Waals surface area (Å²) in [4.78, 5) is 22.2. The van der Waals surface area contributed by atoms with Crippen molar-refractivity contribution in [2.75, 3.05) is 0 Å². The summed E-state index contributed by atoms with van der Waals surface area (Å²) in [6, 6.07) is -0.954. The van der Waals surface area contributed by atoms with E-state index in [1.807, 2.05) is 6.92 Å². The van der Waals surface area contributed by atoms with Crippen molar-refractivity contribution >= 4 is 24.5 Å². The number of carbonyl (C=O) groups excluding carboxylic acids is 1. The molecule has 0 heterocycles. The van der Waals surface area contributed by atoms with E-state index in [2.05, 4.69) is 17.9 Å². The van der Waals surface area contributed by atoms with E-state index in [4.69, 9.17) is 5.11 Å². The zero-order valence-corrected chi connectivity index (χ0v) is 10.3. The van der Waals surface area contributed by atoms with Crippen molar-refractivity contribution in [3.05, 3.63) is 0 Å². The van der Waals surface area contributed by atoms with Crippen molar-refractivity contribution in [2.24, 2.45) is 0 Å². The molecule has 0 aromatic heterocycles. The fraction of sp³-hybridized carbons (Fsp3) is 0.800. The van der Waals surface area contributed by atoms with Crippen LogP contribution in [0, 0.1) is 0 Å². The molecule has 5 heteroatoms. The third-order valence-corrected chi connectivity index (χ3v) is 2.27. The minimum atomic E-state index is -1.06. The Bertz CT molecular complexity index is 235. The minimum Gasteiger partial charge on any atom is -0.480 e. The maximum atomic E-state index is 11.4. The fourth-order valence-electron chi connectivity index (χ4n) is 1.11. The molecule has 0 aliphatic carbocycles. The first-order valence-corrected chi connectivity index (χ1v) is 5.48. The molecule has 0 aromatic carbocycles. The average molecular weight is 233 g/mol. The fourth-order valence-corrected chi connectivity index (χ4v) is 1.29. The number of aliphatic carboxylic acids is 1. The van der Waals surface area contributed by atoms with Crippen LogP contribution in [0.4, 0.5) is 0 Å². The maximum absolute atomic E-state index is 11.4. The minimum absolute atomic E-state index is 0.230. The molecule has 2 N–H and O–H groups in total. The zero-order chi connectivity index (χ0) is 12.1. The van der Waals surface area contributed by atoms with Gasteiger partial charge in [-0.05, 0) is 20.3 Å². The number of nitrogens with one attached hydrogen (secondary N) is 1. The van der Waals surface area contributed by atoms with Gasteiger partial charge in [0.25, 0.3) is 0 Å². The molecule has 0 saturated carbocycles. The largest absolute Gasteiger partial charge is 0.480 e. The Labute approximate surface area is 95.8 Å². The van der Waals surface area contributed by atoms with Crippen LogP contribution in [0.2, 0.25) is 0 Å². The molecule has 0 aliphatic rings. The summed E-state index contributed by atoms with van der Waals surface area (Å²) in [6.07, 6.45) is 2.05. The third kappa shape index (κ3) is 5.67. The van der Waals surface area contributed by atoms with Crippen LogP contribution < -0.4 is 5.32 Å². The van der Waals surface area contributed by atoms with Gasteiger partial charge in [0.15, 0.2) is 0 Å². The number of carbonyl (C=O) groups is 2. The van der Waals surface area contributed by atoms with Crippen LogP contribution in [-0.2, 0) is 9.59 Å². The quantitative estimate of drug-likeness (QED) is 0.608. The van der Waals surface area contributed by atoms with Gasteiger partial charge in [0.05, 0.1) is 0 Å². The smallest absolute Gasteiger partial charge is 0.327 e. The second kappa shape index (κ2) is 6.00. The second-order valence-electron chi connectivity index (χ2n) is 4.10. The van der Waals surface area contributed by atoms with Crippen molar-refractivity contribution in [3.8, 4) is 0 Å². The Hall–Kier alpha value is -0.710. The number of thiol groups is 1. The lowest BCUT2D eigenvalue weighted by molar-refractivity contribution is -0.142. The molecule has 0 aromatic rings. The van der Waals surface area contributed by atoms with E-state index in [1.54, 1.807) is 13.8 Å². The van der Waals surface area contributed by atoms with Crippen LogP contribution in [0.3, 0.4) is 0 Å². The highest BCUT2D eigenvalue weighted by Crippen LogP contribution is 2.18. The van der Waals surface area contributed by atoms with Gasteiger partial charge in [-0.3, -0.25) is 4.79 Å². The van der Waals surface area contributed by atoms with Crippen molar-refractivity contribution in [1.29, 1.82) is 0 Å². The van der Waals surface area contributed by atoms with E-state index in [0.29, 0.717) is 6.42 Å². The van der Waals surface area contributed by atoms with Gasteiger partial charge in [0.2, 0.25) is 5.91 Å². The summed E-state index contributed by atoms with van der Waals surface area (Å²) >= 11 is 4.16. The number of carboxylic acids is 1. The molecule has 0 fully saturated rings. The van der Waals surface area contributed by atoms with Crippen LogP contribution >= 0.6 is 12.6 Å². The van der Waals surface area contributed by atoms with Gasteiger partial charge in [0.1, 0.15) is 6.04 Å². The number of amides is 1. The van der Waals surface area contributed by atoms with Gasteiger partial charge in [-0.1, -0.05) is 13.3 Å². The topological polar surface area (TPSA) is 66.4 Å². The Kier molecular flexibility index (Phi) is 5.72. The first-order valence-electron chi connectivity index (χ1n) is 5.03. The molecule has 1 amide bonds. The Morgan fingerprint density at radius 2 is 2.00 bits per heavy atom. The standard InChI is InChI=1S/C10H19NO3S/c1-4-5-6-7(12)11-8(9(13)14)10(2,3)15/h8,15H,4-6H2,1-3H3,(H,11,12)(H,13,14). The molecule has 1 atom stereocenters. The summed E-state index contributed by atoms with van der Waals surface area (Å²) in [6.45, 7) is 5.30. The lowest BCUT2D eigenvalue weighted by Crippen LogP contribution is -2.51. The van der Waals surface area contributed by atoms with Gasteiger partial charge in [-0.15, -0.1) is 0 Å². The van der Waals surface area contributed by atoms with Crippen molar-refractivity contribution in [2.45, 2.75) is 50.8 Å². The summed E-state index contributed by atoms with van der Waals surface area (Å²) in [5.74, 6) is -1.29. The summed E-state index contributed by atoms with van der Waals surface area (Å²) in [5.41, 5.74) is 0. The van der Waals surface area contributed by atoms with Crippen molar-refractivity contribution in [3.63, 3.8) is 0 Å². The van der Waals surface area contributed by atoms with E-state index in [-0.39, 0.29) is 5.91 Å². The lowest BCUT2D eigenvalue weighted by Gasteiger charge is -2.26. The second-order valence-corrected chi connectivity index (χ2v) is 5.25. The van der Waals surface area contributed by atoms with Crippen LogP contribution in [-0.4, -0.2) is 27.8 Å². The van der Waals surface area contributed by atoms with E-state index in [9.17, 15) is 9.59 Å². The summed E-state index contributed by atoms with van der Waals surface area (Å²) < 4.78 is -0.770. The number of hydrogen-bond acceptors (Lipinski definition) is 3. The first kappa shape index (κ1) is 14.3. The maximum Gasteiger partial charge on any atom is 0.327 e. The molecule has 0 bridgehead atoms. The molecular weight excluding hydrogens is 214 g/mol. The van der Waals surface area contributed by atoms with Crippen molar-refractivity contribution < 1.29 is 14.7 Å². The number of carboxylic acid groups (broad SMARTS) is 1. The molecule has 4 nitrogen and oxygen atoms in total. The predicted molar refractivity (Wildman–Crippen MR) is 62.2 cm³/mol. The van der Waals surface area contributed by atoms with Crippen molar-refractivity contribution in [1.82, 2.24) is 5.32 Å². The van der Waals surface area contributed by atoms with Crippen LogP contribution in [0.1, 0.15) is 40.0 Å². The SMILES string of the molecule is CCCCC(=O)NC(C(=O)O)C(C)(C)S. The van der Waals surface area contributed by atoms with Gasteiger partial charge < -0.3 is 10.4 Å². The monoisotopic (exact) mass is 233 g/mol. The number of rotatable bonds is 6. The van der Waals surface area contributed by atoms with Crippen LogP contribution in [0.5, 0.6) is 0 Å². The van der Waals surface area contributed by atoms with Gasteiger partial charge in [0, 0.05) is 11.2 Å². The zero-order valence-electron chi connectivity index (χ0n) is 9.41. The molecule has 88 valence electrons. The Morgan fingerprint density at radius 1 is 1.47 bits per heavy atom. The highest BCUT2D eigenvalue weighted by Gasteiger charge is 2.33. The molecular formula is C10H19NO3S. The summed E-state index contributed by atoms with van der Waals surface area (Å²) in [5, 5.41) is 11.4. The molecule has 0 radical (unpaired) electrons. The van der Waals surface area contributed by atoms with Crippen LogP contribution in [0.25, 0.3) is 0 Å². The Balaban J connectivity index is 4.31. The van der Waals surface area contributed by atoms with E-state index < -0.39 is 16.8 Å².